The van der Waals surface area contributed by atoms with Crippen molar-refractivity contribution in [2.75, 3.05) is 0 Å². The Morgan fingerprint density at radius 3 is 2.05 bits per heavy atom. The zero-order valence-corrected chi connectivity index (χ0v) is 17.0. The van der Waals surface area contributed by atoms with Gasteiger partial charge in [0.15, 0.2) is 0 Å². The second-order valence-corrected chi connectivity index (χ2v) is 6.72. The Morgan fingerprint density at radius 1 is 1.00 bits per heavy atom. The van der Waals surface area contributed by atoms with Gasteiger partial charge in [-0.05, 0) is 0 Å². The fourth-order valence-corrected chi connectivity index (χ4v) is 3.78. The molecule has 114 valence electrons. The number of benzene rings is 1. The second-order valence-electron chi connectivity index (χ2n) is 5.88. The Balaban J connectivity index is 0. The molecule has 0 bridgehead atoms. The standard InChI is InChI=1S/C17H21.3ClH.Ti/c1-12-10-13(2)14(3)16(11-12)17(4,5)15-8-6-7-9-15;;;;/h6-7,10-11H,8H2,1-5H3;3*1H;/q;;;;+3/p-3. The zero-order chi connectivity index (χ0) is 13.5. The van der Waals surface area contributed by atoms with Crippen molar-refractivity contribution < 1.29 is 57.7 Å². The average Bonchev–Trinajstić information content (AvgIpc) is 2.70. The zero-order valence-electron chi connectivity index (χ0n) is 13.2. The maximum absolute atomic E-state index is 2.36. The number of aryl methyl sites for hydroxylation is 2. The summed E-state index contributed by atoms with van der Waals surface area (Å²) in [6.07, 6.45) is 5.64. The van der Waals surface area contributed by atoms with Crippen LogP contribution in [0.25, 0.3) is 0 Å². The van der Waals surface area contributed by atoms with E-state index in [9.17, 15) is 0 Å². The molecule has 1 aromatic rings. The number of rotatable bonds is 2. The van der Waals surface area contributed by atoms with Crippen LogP contribution < -0.4 is 37.2 Å². The Bertz CT molecular complexity index is 557. The van der Waals surface area contributed by atoms with Gasteiger partial charge in [-0.25, -0.2) is 0 Å². The topological polar surface area (TPSA) is 0 Å². The van der Waals surface area contributed by atoms with Gasteiger partial charge in [0, 0.05) is 0 Å². The summed E-state index contributed by atoms with van der Waals surface area (Å²) in [6, 6.07) is 4.64. The van der Waals surface area contributed by atoms with Crippen molar-refractivity contribution in [3.8, 4) is 0 Å². The minimum absolute atomic E-state index is 0. The minimum atomic E-state index is 0. The largest absolute Gasteiger partial charge is 1.00 e. The molecule has 0 unspecified atom stereocenters. The van der Waals surface area contributed by atoms with Crippen LogP contribution in [-0.2, 0) is 25.9 Å². The first-order chi connectivity index (χ1) is 8.34. The SMILES string of the molecule is Cc1cc(C)c(C)c(C(C)(C)C2=[C]([Ti+3])C=CC2)c1.[Cl-].[Cl-].[Cl-]. The average molecular weight is 380 g/mol. The predicted octanol–water partition coefficient (Wildman–Crippen LogP) is -4.34. The van der Waals surface area contributed by atoms with Crippen molar-refractivity contribution in [1.82, 2.24) is 0 Å². The van der Waals surface area contributed by atoms with Gasteiger partial charge in [-0.2, -0.15) is 0 Å². The van der Waals surface area contributed by atoms with Gasteiger partial charge in [0.05, 0.1) is 0 Å². The molecule has 0 atom stereocenters. The van der Waals surface area contributed by atoms with Gasteiger partial charge in [-0.15, -0.1) is 0 Å². The molecule has 0 aromatic heterocycles. The Morgan fingerprint density at radius 2 is 1.57 bits per heavy atom. The molecular formula is C17H21Cl3Ti. The molecule has 0 saturated carbocycles. The Hall–Kier alpha value is 0.284. The van der Waals surface area contributed by atoms with Gasteiger partial charge >= 0.3 is 123 Å². The molecule has 1 aromatic carbocycles. The van der Waals surface area contributed by atoms with Crippen molar-refractivity contribution in [3.05, 3.63) is 56.0 Å². The Labute approximate surface area is 159 Å². The van der Waals surface area contributed by atoms with E-state index in [0.29, 0.717) is 0 Å². The molecule has 0 radical (unpaired) electrons. The first kappa shape index (κ1) is 23.5. The Kier molecular flexibility index (Phi) is 9.86. The molecule has 2 rings (SSSR count). The predicted molar refractivity (Wildman–Crippen MR) is 74.5 cm³/mol. The molecule has 0 amide bonds. The normalized spacial score (nSPS) is 13.5. The van der Waals surface area contributed by atoms with Crippen LogP contribution in [0.15, 0.2) is 33.7 Å². The van der Waals surface area contributed by atoms with Crippen molar-refractivity contribution in [1.29, 1.82) is 0 Å². The fraction of sp³-hybridized carbons (Fsp3) is 0.412. The molecule has 0 saturated heterocycles. The molecule has 1 aliphatic carbocycles. The van der Waals surface area contributed by atoms with Gasteiger partial charge in [0.25, 0.3) is 0 Å². The van der Waals surface area contributed by atoms with Crippen LogP contribution in [-0.4, -0.2) is 0 Å². The molecule has 0 heterocycles. The number of hydrogen-bond donors (Lipinski definition) is 0. The van der Waals surface area contributed by atoms with Crippen LogP contribution in [0.2, 0.25) is 0 Å². The van der Waals surface area contributed by atoms with Crippen LogP contribution >= 0.6 is 0 Å². The summed E-state index contributed by atoms with van der Waals surface area (Å²) < 4.78 is 1.44. The van der Waals surface area contributed by atoms with Gasteiger partial charge in [-0.1, -0.05) is 0 Å². The fourth-order valence-electron chi connectivity index (χ4n) is 2.95. The third-order valence-corrected chi connectivity index (χ3v) is 4.90. The number of hydrogen-bond acceptors (Lipinski definition) is 0. The van der Waals surface area contributed by atoms with Crippen molar-refractivity contribution >= 4 is 0 Å². The molecule has 21 heavy (non-hydrogen) atoms. The van der Waals surface area contributed by atoms with E-state index in [-0.39, 0.29) is 42.6 Å². The van der Waals surface area contributed by atoms with Crippen LogP contribution in [0.3, 0.4) is 0 Å². The maximum Gasteiger partial charge on any atom is -1.00 e. The minimum Gasteiger partial charge on any atom is -1.00 e. The summed E-state index contributed by atoms with van der Waals surface area (Å²) >= 11 is 2.23. The van der Waals surface area contributed by atoms with E-state index < -0.39 is 0 Å². The summed E-state index contributed by atoms with van der Waals surface area (Å²) in [7, 11) is 0. The van der Waals surface area contributed by atoms with E-state index in [1.807, 2.05) is 0 Å². The first-order valence-corrected chi connectivity index (χ1v) is 7.32. The molecule has 0 spiro atoms. The molecule has 1 aliphatic rings. The summed E-state index contributed by atoms with van der Waals surface area (Å²) in [5, 5.41) is 0. The van der Waals surface area contributed by atoms with Crippen molar-refractivity contribution in [2.45, 2.75) is 46.5 Å². The van der Waals surface area contributed by atoms with E-state index in [1.54, 1.807) is 5.57 Å². The van der Waals surface area contributed by atoms with Gasteiger partial charge in [0.2, 0.25) is 0 Å². The molecule has 0 aliphatic heterocycles. The third-order valence-electron chi connectivity index (χ3n) is 4.17. The molecule has 0 fully saturated rings. The summed E-state index contributed by atoms with van der Waals surface area (Å²) in [5.74, 6) is 0. The van der Waals surface area contributed by atoms with E-state index >= 15 is 0 Å². The smallest absolute Gasteiger partial charge is 1.00 e. The van der Waals surface area contributed by atoms with Crippen LogP contribution in [0.5, 0.6) is 0 Å². The molecular weight excluding hydrogens is 358 g/mol. The van der Waals surface area contributed by atoms with Crippen LogP contribution in [0.1, 0.15) is 42.5 Å². The molecule has 0 nitrogen and oxygen atoms in total. The van der Waals surface area contributed by atoms with E-state index in [1.165, 1.54) is 26.1 Å². The van der Waals surface area contributed by atoms with Crippen LogP contribution in [0, 0.1) is 20.8 Å². The maximum atomic E-state index is 2.36. The molecule has 0 N–H and O–H groups in total. The quantitative estimate of drug-likeness (QED) is 0.456. The van der Waals surface area contributed by atoms with E-state index in [0.717, 1.165) is 6.42 Å². The van der Waals surface area contributed by atoms with Crippen LogP contribution in [0.4, 0.5) is 0 Å². The van der Waals surface area contributed by atoms with Crippen molar-refractivity contribution in [2.24, 2.45) is 0 Å². The van der Waals surface area contributed by atoms with Gasteiger partial charge in [-0.3, -0.25) is 0 Å². The number of halogens is 3. The van der Waals surface area contributed by atoms with Gasteiger partial charge in [0.1, 0.15) is 0 Å². The molecule has 4 heteroatoms. The van der Waals surface area contributed by atoms with E-state index in [2.05, 4.69) is 79.3 Å². The second kappa shape index (κ2) is 8.80. The summed E-state index contributed by atoms with van der Waals surface area (Å²) in [6.45, 7) is 11.4. The monoisotopic (exact) mass is 378 g/mol. The van der Waals surface area contributed by atoms with Crippen molar-refractivity contribution in [3.63, 3.8) is 0 Å². The summed E-state index contributed by atoms with van der Waals surface area (Å²) in [5.41, 5.74) is 7.40. The first-order valence-electron chi connectivity index (χ1n) is 6.54. The summed E-state index contributed by atoms with van der Waals surface area (Å²) in [4.78, 5) is 0. The van der Waals surface area contributed by atoms with Gasteiger partial charge < -0.3 is 37.2 Å². The third kappa shape index (κ3) is 4.63. The number of allylic oxidation sites excluding steroid dienone is 4. The van der Waals surface area contributed by atoms with E-state index in [4.69, 9.17) is 0 Å².